The lowest BCUT2D eigenvalue weighted by Gasteiger charge is -2.14. The minimum absolute atomic E-state index is 0.208. The van der Waals surface area contributed by atoms with E-state index in [0.29, 0.717) is 0 Å². The van der Waals surface area contributed by atoms with Crippen molar-refractivity contribution in [3.05, 3.63) is 43.6 Å². The van der Waals surface area contributed by atoms with E-state index in [9.17, 15) is 0 Å². The molecule has 17 heavy (non-hydrogen) atoms. The van der Waals surface area contributed by atoms with Gasteiger partial charge in [0.25, 0.3) is 0 Å². The fourth-order valence-electron chi connectivity index (χ4n) is 1.53. The average molecular weight is 332 g/mol. The number of aromatic nitrogens is 1. The van der Waals surface area contributed by atoms with Gasteiger partial charge in [0, 0.05) is 15.5 Å². The molecule has 0 bridgehead atoms. The molecule has 0 saturated heterocycles. The SMILES string of the molecule is Cc1cc(Br)cnc1NC(C)c1ccc(Cl)s1. The van der Waals surface area contributed by atoms with Crippen LogP contribution in [0.5, 0.6) is 0 Å². The molecule has 1 N–H and O–H groups in total. The highest BCUT2D eigenvalue weighted by Crippen LogP contribution is 2.29. The highest BCUT2D eigenvalue weighted by molar-refractivity contribution is 9.10. The van der Waals surface area contributed by atoms with Crippen LogP contribution in [0.1, 0.15) is 23.4 Å². The second kappa shape index (κ2) is 5.38. The van der Waals surface area contributed by atoms with Crippen LogP contribution in [0.15, 0.2) is 28.9 Å². The zero-order valence-corrected chi connectivity index (χ0v) is 12.7. The third-order valence-corrected chi connectivity index (χ3v) is 4.27. The van der Waals surface area contributed by atoms with Crippen LogP contribution in [-0.2, 0) is 0 Å². The van der Waals surface area contributed by atoms with Crippen molar-refractivity contribution in [3.63, 3.8) is 0 Å². The number of anilines is 1. The molecule has 0 aromatic carbocycles. The van der Waals surface area contributed by atoms with Crippen LogP contribution in [0.4, 0.5) is 5.82 Å². The molecule has 0 aliphatic rings. The fourth-order valence-corrected chi connectivity index (χ4v) is 3.04. The van der Waals surface area contributed by atoms with Gasteiger partial charge in [-0.1, -0.05) is 11.6 Å². The first-order chi connectivity index (χ1) is 8.06. The predicted molar refractivity (Wildman–Crippen MR) is 78.0 cm³/mol. The summed E-state index contributed by atoms with van der Waals surface area (Å²) in [7, 11) is 0. The van der Waals surface area contributed by atoms with E-state index in [-0.39, 0.29) is 6.04 Å². The first-order valence-corrected chi connectivity index (χ1v) is 7.19. The summed E-state index contributed by atoms with van der Waals surface area (Å²) >= 11 is 10.9. The molecule has 0 radical (unpaired) electrons. The van der Waals surface area contributed by atoms with E-state index in [1.165, 1.54) is 4.88 Å². The van der Waals surface area contributed by atoms with Crippen molar-refractivity contribution >= 4 is 44.7 Å². The Balaban J connectivity index is 2.15. The lowest BCUT2D eigenvalue weighted by atomic mass is 10.2. The van der Waals surface area contributed by atoms with Crippen molar-refractivity contribution in [1.82, 2.24) is 4.98 Å². The topological polar surface area (TPSA) is 24.9 Å². The first-order valence-electron chi connectivity index (χ1n) is 5.20. The summed E-state index contributed by atoms with van der Waals surface area (Å²) in [6, 6.07) is 6.21. The summed E-state index contributed by atoms with van der Waals surface area (Å²) in [5.74, 6) is 0.908. The van der Waals surface area contributed by atoms with Gasteiger partial charge in [-0.3, -0.25) is 0 Å². The third-order valence-electron chi connectivity index (χ3n) is 2.42. The van der Waals surface area contributed by atoms with Gasteiger partial charge < -0.3 is 5.32 Å². The molecule has 2 aromatic rings. The number of nitrogens with one attached hydrogen (secondary N) is 1. The standard InChI is InChI=1S/C12H12BrClN2S/c1-7-5-9(13)6-15-12(7)16-8(2)10-3-4-11(14)17-10/h3-6,8H,1-2H3,(H,15,16). The maximum atomic E-state index is 5.93. The normalized spacial score (nSPS) is 12.5. The van der Waals surface area contributed by atoms with Crippen LogP contribution in [0.3, 0.4) is 0 Å². The first kappa shape index (κ1) is 12.9. The van der Waals surface area contributed by atoms with Crippen LogP contribution in [0.2, 0.25) is 4.34 Å². The van der Waals surface area contributed by atoms with E-state index in [1.807, 2.05) is 25.1 Å². The number of pyridine rings is 1. The van der Waals surface area contributed by atoms with Gasteiger partial charge in [-0.15, -0.1) is 11.3 Å². The Bertz CT molecular complexity index is 527. The van der Waals surface area contributed by atoms with Crippen molar-refractivity contribution in [1.29, 1.82) is 0 Å². The Hall–Kier alpha value is -0.580. The summed E-state index contributed by atoms with van der Waals surface area (Å²) in [5.41, 5.74) is 1.12. The molecular formula is C12H12BrClN2S. The fraction of sp³-hybridized carbons (Fsp3) is 0.250. The summed E-state index contributed by atoms with van der Waals surface area (Å²) in [4.78, 5) is 5.57. The summed E-state index contributed by atoms with van der Waals surface area (Å²) in [6.45, 7) is 4.14. The quantitative estimate of drug-likeness (QED) is 0.852. The minimum Gasteiger partial charge on any atom is -0.363 e. The zero-order valence-electron chi connectivity index (χ0n) is 9.50. The van der Waals surface area contributed by atoms with Crippen LogP contribution in [0, 0.1) is 6.92 Å². The van der Waals surface area contributed by atoms with E-state index in [2.05, 4.69) is 33.2 Å². The Kier molecular flexibility index (Phi) is 4.07. The minimum atomic E-state index is 0.208. The van der Waals surface area contributed by atoms with Gasteiger partial charge in [0.15, 0.2) is 0 Å². The number of nitrogens with zero attached hydrogens (tertiary/aromatic N) is 1. The van der Waals surface area contributed by atoms with E-state index >= 15 is 0 Å². The molecule has 0 aliphatic carbocycles. The van der Waals surface area contributed by atoms with E-state index in [4.69, 9.17) is 11.6 Å². The van der Waals surface area contributed by atoms with E-state index in [1.54, 1.807) is 17.5 Å². The van der Waals surface area contributed by atoms with E-state index in [0.717, 1.165) is 20.2 Å². The molecule has 90 valence electrons. The average Bonchev–Trinajstić information content (AvgIpc) is 2.69. The maximum Gasteiger partial charge on any atom is 0.129 e. The molecule has 1 atom stereocenters. The number of hydrogen-bond donors (Lipinski definition) is 1. The van der Waals surface area contributed by atoms with Crippen molar-refractivity contribution in [2.75, 3.05) is 5.32 Å². The van der Waals surface area contributed by atoms with Crippen molar-refractivity contribution in [3.8, 4) is 0 Å². The molecule has 0 aliphatic heterocycles. The molecular weight excluding hydrogens is 320 g/mol. The molecule has 0 saturated carbocycles. The lowest BCUT2D eigenvalue weighted by molar-refractivity contribution is 0.892. The second-order valence-electron chi connectivity index (χ2n) is 3.83. The van der Waals surface area contributed by atoms with Crippen molar-refractivity contribution in [2.24, 2.45) is 0 Å². The van der Waals surface area contributed by atoms with Gasteiger partial charge in [0.1, 0.15) is 5.82 Å². The predicted octanol–water partition coefficient (Wildman–Crippen LogP) is 5.04. The van der Waals surface area contributed by atoms with E-state index < -0.39 is 0 Å². The molecule has 0 spiro atoms. The Morgan fingerprint density at radius 3 is 2.82 bits per heavy atom. The largest absolute Gasteiger partial charge is 0.363 e. The van der Waals surface area contributed by atoms with Crippen molar-refractivity contribution < 1.29 is 0 Å². The number of thiophene rings is 1. The molecule has 2 aromatic heterocycles. The number of aryl methyl sites for hydroxylation is 1. The maximum absolute atomic E-state index is 5.93. The smallest absolute Gasteiger partial charge is 0.129 e. The molecule has 1 unspecified atom stereocenters. The highest BCUT2D eigenvalue weighted by Gasteiger charge is 2.10. The summed E-state index contributed by atoms with van der Waals surface area (Å²) in [5, 5.41) is 3.39. The third kappa shape index (κ3) is 3.21. The monoisotopic (exact) mass is 330 g/mol. The Morgan fingerprint density at radius 2 is 2.24 bits per heavy atom. The van der Waals surface area contributed by atoms with Gasteiger partial charge in [-0.05, 0) is 53.5 Å². The molecule has 2 heterocycles. The van der Waals surface area contributed by atoms with Gasteiger partial charge in [-0.2, -0.15) is 0 Å². The zero-order chi connectivity index (χ0) is 12.4. The summed E-state index contributed by atoms with van der Waals surface area (Å²) in [6.07, 6.45) is 1.80. The Morgan fingerprint density at radius 1 is 1.47 bits per heavy atom. The van der Waals surface area contributed by atoms with Crippen molar-refractivity contribution in [2.45, 2.75) is 19.9 Å². The number of halogens is 2. The molecule has 0 amide bonds. The highest BCUT2D eigenvalue weighted by atomic mass is 79.9. The van der Waals surface area contributed by atoms with Crippen LogP contribution >= 0.6 is 38.9 Å². The molecule has 5 heteroatoms. The van der Waals surface area contributed by atoms with Crippen LogP contribution in [-0.4, -0.2) is 4.98 Å². The summed E-state index contributed by atoms with van der Waals surface area (Å²) < 4.78 is 1.81. The van der Waals surface area contributed by atoms with Gasteiger partial charge >= 0.3 is 0 Å². The Labute approximate surface area is 118 Å². The van der Waals surface area contributed by atoms with Gasteiger partial charge in [0.2, 0.25) is 0 Å². The number of hydrogen-bond acceptors (Lipinski definition) is 3. The second-order valence-corrected chi connectivity index (χ2v) is 6.49. The van der Waals surface area contributed by atoms with Crippen LogP contribution < -0.4 is 5.32 Å². The lowest BCUT2D eigenvalue weighted by Crippen LogP contribution is -2.07. The number of rotatable bonds is 3. The molecule has 2 rings (SSSR count). The van der Waals surface area contributed by atoms with Gasteiger partial charge in [0.05, 0.1) is 10.4 Å². The van der Waals surface area contributed by atoms with Gasteiger partial charge in [-0.25, -0.2) is 4.98 Å². The molecule has 2 nitrogen and oxygen atoms in total. The molecule has 0 fully saturated rings. The van der Waals surface area contributed by atoms with Crippen LogP contribution in [0.25, 0.3) is 0 Å².